The first-order valence-electron chi connectivity index (χ1n) is 8.24. The molecule has 1 atom stereocenters. The molecule has 1 aliphatic carbocycles. The van der Waals surface area contributed by atoms with Crippen molar-refractivity contribution in [2.24, 2.45) is 0 Å². The predicted octanol–water partition coefficient (Wildman–Crippen LogP) is 4.70. The van der Waals surface area contributed by atoms with Gasteiger partial charge in [0.05, 0.1) is 5.41 Å². The maximum atomic E-state index is 9.90. The van der Waals surface area contributed by atoms with Crippen molar-refractivity contribution in [3.8, 4) is 5.75 Å². The second-order valence-electron chi connectivity index (χ2n) is 6.52. The van der Waals surface area contributed by atoms with Crippen molar-refractivity contribution in [3.63, 3.8) is 0 Å². The number of aromatic amines is 1. The normalized spacial score (nSPS) is 20.2. The van der Waals surface area contributed by atoms with Gasteiger partial charge in [0.15, 0.2) is 0 Å². The quantitative estimate of drug-likeness (QED) is 0.707. The SMILES string of the molecule is Cc1ccc([C@]2(c3ccccc3)CCCc3cc(O)ccc32)[nH]1. The first-order valence-corrected chi connectivity index (χ1v) is 8.24. The lowest BCUT2D eigenvalue weighted by atomic mass is 9.64. The van der Waals surface area contributed by atoms with Gasteiger partial charge in [-0.05, 0) is 67.1 Å². The van der Waals surface area contributed by atoms with Gasteiger partial charge in [-0.2, -0.15) is 0 Å². The second-order valence-corrected chi connectivity index (χ2v) is 6.52. The number of hydrogen-bond acceptors (Lipinski definition) is 1. The molecule has 3 aromatic rings. The van der Waals surface area contributed by atoms with Crippen LogP contribution in [-0.2, 0) is 11.8 Å². The minimum Gasteiger partial charge on any atom is -0.508 e. The molecule has 1 aliphatic rings. The Hall–Kier alpha value is -2.48. The lowest BCUT2D eigenvalue weighted by molar-refractivity contribution is 0.462. The van der Waals surface area contributed by atoms with E-state index in [0.717, 1.165) is 19.3 Å². The Labute approximate surface area is 136 Å². The Bertz CT molecular complexity index is 834. The Morgan fingerprint density at radius 2 is 1.83 bits per heavy atom. The summed E-state index contributed by atoms with van der Waals surface area (Å²) in [6, 6.07) is 20.9. The standard InChI is InChI=1S/C21H21NO/c1-15-9-12-20(22-15)21(17-7-3-2-4-8-17)13-5-6-16-14-18(23)10-11-19(16)21/h2-4,7-12,14,22-23H,5-6,13H2,1H3/t21-/m0/s1. The van der Waals surface area contributed by atoms with Crippen LogP contribution in [0, 0.1) is 6.92 Å². The van der Waals surface area contributed by atoms with E-state index in [4.69, 9.17) is 0 Å². The van der Waals surface area contributed by atoms with Crippen molar-refractivity contribution in [1.82, 2.24) is 4.98 Å². The van der Waals surface area contributed by atoms with E-state index in [-0.39, 0.29) is 5.41 Å². The van der Waals surface area contributed by atoms with Gasteiger partial charge in [0.25, 0.3) is 0 Å². The fourth-order valence-corrected chi connectivity index (χ4v) is 4.09. The molecule has 0 bridgehead atoms. The van der Waals surface area contributed by atoms with E-state index in [1.54, 1.807) is 0 Å². The minimum absolute atomic E-state index is 0.156. The lowest BCUT2D eigenvalue weighted by Gasteiger charge is -2.39. The number of aromatic hydroxyl groups is 1. The molecule has 2 nitrogen and oxygen atoms in total. The van der Waals surface area contributed by atoms with Crippen LogP contribution in [0.2, 0.25) is 0 Å². The highest BCUT2D eigenvalue weighted by atomic mass is 16.3. The Morgan fingerprint density at radius 1 is 1.00 bits per heavy atom. The Balaban J connectivity index is 2.03. The molecular formula is C21H21NO. The van der Waals surface area contributed by atoms with E-state index in [9.17, 15) is 5.11 Å². The van der Waals surface area contributed by atoms with Gasteiger partial charge < -0.3 is 10.1 Å². The van der Waals surface area contributed by atoms with E-state index in [1.807, 2.05) is 12.1 Å². The summed E-state index contributed by atoms with van der Waals surface area (Å²) < 4.78 is 0. The summed E-state index contributed by atoms with van der Waals surface area (Å²) >= 11 is 0. The predicted molar refractivity (Wildman–Crippen MR) is 92.9 cm³/mol. The molecule has 0 spiro atoms. The smallest absolute Gasteiger partial charge is 0.115 e. The zero-order chi connectivity index (χ0) is 15.9. The number of fused-ring (bicyclic) bond motifs is 1. The monoisotopic (exact) mass is 303 g/mol. The number of aromatic nitrogens is 1. The zero-order valence-electron chi connectivity index (χ0n) is 13.3. The molecule has 2 heteroatoms. The molecule has 0 saturated carbocycles. The summed E-state index contributed by atoms with van der Waals surface area (Å²) in [6.07, 6.45) is 3.22. The van der Waals surface area contributed by atoms with E-state index in [1.165, 1.54) is 28.1 Å². The summed E-state index contributed by atoms with van der Waals surface area (Å²) in [4.78, 5) is 3.58. The van der Waals surface area contributed by atoms with E-state index >= 15 is 0 Å². The molecule has 1 aromatic heterocycles. The van der Waals surface area contributed by atoms with Crippen LogP contribution in [0.3, 0.4) is 0 Å². The zero-order valence-corrected chi connectivity index (χ0v) is 13.3. The average Bonchev–Trinajstić information content (AvgIpc) is 3.01. The van der Waals surface area contributed by atoms with Crippen molar-refractivity contribution >= 4 is 0 Å². The van der Waals surface area contributed by atoms with Gasteiger partial charge in [-0.1, -0.05) is 36.4 Å². The maximum Gasteiger partial charge on any atom is 0.115 e. The number of H-pyrrole nitrogens is 1. The Kier molecular flexibility index (Phi) is 3.26. The van der Waals surface area contributed by atoms with Crippen molar-refractivity contribution in [3.05, 3.63) is 88.7 Å². The summed E-state index contributed by atoms with van der Waals surface area (Å²) in [6.45, 7) is 2.10. The largest absolute Gasteiger partial charge is 0.508 e. The first kappa shape index (κ1) is 14.1. The highest BCUT2D eigenvalue weighted by molar-refractivity contribution is 5.54. The van der Waals surface area contributed by atoms with Crippen LogP contribution in [0.15, 0.2) is 60.7 Å². The van der Waals surface area contributed by atoms with Gasteiger partial charge in [0.2, 0.25) is 0 Å². The maximum absolute atomic E-state index is 9.90. The van der Waals surface area contributed by atoms with Gasteiger partial charge >= 0.3 is 0 Å². The topological polar surface area (TPSA) is 36.0 Å². The number of hydrogen-bond donors (Lipinski definition) is 2. The highest BCUT2D eigenvalue weighted by Crippen LogP contribution is 2.47. The molecule has 4 rings (SSSR count). The molecule has 116 valence electrons. The molecule has 1 heterocycles. The van der Waals surface area contributed by atoms with E-state index in [0.29, 0.717) is 5.75 Å². The third-order valence-electron chi connectivity index (χ3n) is 5.10. The van der Waals surface area contributed by atoms with Gasteiger partial charge in [-0.25, -0.2) is 0 Å². The average molecular weight is 303 g/mol. The highest BCUT2D eigenvalue weighted by Gasteiger charge is 2.40. The number of rotatable bonds is 2. The molecule has 0 radical (unpaired) electrons. The molecular weight excluding hydrogens is 282 g/mol. The Morgan fingerprint density at radius 3 is 2.57 bits per heavy atom. The fraction of sp³-hybridized carbons (Fsp3) is 0.238. The molecule has 0 unspecified atom stereocenters. The van der Waals surface area contributed by atoms with Crippen LogP contribution < -0.4 is 0 Å². The molecule has 23 heavy (non-hydrogen) atoms. The summed E-state index contributed by atoms with van der Waals surface area (Å²) in [5.74, 6) is 0.357. The fourth-order valence-electron chi connectivity index (χ4n) is 4.09. The third-order valence-corrected chi connectivity index (χ3v) is 5.10. The van der Waals surface area contributed by atoms with Crippen LogP contribution in [0.1, 0.15) is 40.9 Å². The number of nitrogens with one attached hydrogen (secondary N) is 1. The van der Waals surface area contributed by atoms with Gasteiger partial charge in [-0.3, -0.25) is 0 Å². The molecule has 2 N–H and O–H groups in total. The second kappa shape index (κ2) is 5.31. The van der Waals surface area contributed by atoms with Gasteiger partial charge in [0.1, 0.15) is 5.75 Å². The number of phenolic OH excluding ortho intramolecular Hbond substituents is 1. The molecule has 0 amide bonds. The number of phenols is 1. The first-order chi connectivity index (χ1) is 11.2. The van der Waals surface area contributed by atoms with E-state index in [2.05, 4.69) is 60.4 Å². The number of aryl methyl sites for hydroxylation is 2. The molecule has 2 aromatic carbocycles. The summed E-state index contributed by atoms with van der Waals surface area (Å²) in [7, 11) is 0. The van der Waals surface area contributed by atoms with Crippen LogP contribution >= 0.6 is 0 Å². The van der Waals surface area contributed by atoms with Crippen LogP contribution in [-0.4, -0.2) is 10.1 Å². The van der Waals surface area contributed by atoms with E-state index < -0.39 is 0 Å². The van der Waals surface area contributed by atoms with Crippen LogP contribution in [0.5, 0.6) is 5.75 Å². The van der Waals surface area contributed by atoms with Crippen molar-refractivity contribution in [2.45, 2.75) is 31.6 Å². The number of benzene rings is 2. The minimum atomic E-state index is -0.156. The molecule has 0 fully saturated rings. The van der Waals surface area contributed by atoms with Crippen molar-refractivity contribution < 1.29 is 5.11 Å². The van der Waals surface area contributed by atoms with Gasteiger partial charge in [0, 0.05) is 11.4 Å². The van der Waals surface area contributed by atoms with Crippen molar-refractivity contribution in [1.29, 1.82) is 0 Å². The van der Waals surface area contributed by atoms with Gasteiger partial charge in [-0.15, -0.1) is 0 Å². The third kappa shape index (κ3) is 2.17. The lowest BCUT2D eigenvalue weighted by Crippen LogP contribution is -2.34. The van der Waals surface area contributed by atoms with Crippen LogP contribution in [0.25, 0.3) is 0 Å². The molecule has 0 aliphatic heterocycles. The summed E-state index contributed by atoms with van der Waals surface area (Å²) in [5, 5.41) is 9.90. The molecule has 0 saturated heterocycles. The summed E-state index contributed by atoms with van der Waals surface area (Å²) in [5.41, 5.74) is 6.15. The van der Waals surface area contributed by atoms with Crippen molar-refractivity contribution in [2.75, 3.05) is 0 Å². The van der Waals surface area contributed by atoms with Crippen LogP contribution in [0.4, 0.5) is 0 Å².